The van der Waals surface area contributed by atoms with Gasteiger partial charge in [0.1, 0.15) is 5.82 Å². The number of rotatable bonds is 2. The van der Waals surface area contributed by atoms with Crippen molar-refractivity contribution in [3.63, 3.8) is 0 Å². The lowest BCUT2D eigenvalue weighted by Gasteiger charge is -2.09. The minimum Gasteiger partial charge on any atom is -0.326 e. The summed E-state index contributed by atoms with van der Waals surface area (Å²) < 4.78 is 14.8. The number of fused-ring (bicyclic) bond motifs is 1. The van der Waals surface area contributed by atoms with Crippen molar-refractivity contribution in [2.75, 3.05) is 5.32 Å². The maximum atomic E-state index is 13.1. The summed E-state index contributed by atoms with van der Waals surface area (Å²) in [4.78, 5) is 11.5. The van der Waals surface area contributed by atoms with Crippen LogP contribution in [0.25, 0.3) is 16.9 Å². The average molecular weight is 293 g/mol. The molecule has 2 heterocycles. The highest BCUT2D eigenvalue weighted by atomic mass is 19.1. The number of nitrogens with one attached hydrogen (secondary N) is 1. The molecular weight excluding hydrogens is 281 g/mol. The Morgan fingerprint density at radius 1 is 1.09 bits per heavy atom. The monoisotopic (exact) mass is 293 g/mol. The van der Waals surface area contributed by atoms with Gasteiger partial charge in [0.25, 0.3) is 0 Å². The molecule has 0 saturated carbocycles. The van der Waals surface area contributed by atoms with E-state index >= 15 is 0 Å². The number of amides is 1. The first kappa shape index (κ1) is 12.8. The van der Waals surface area contributed by atoms with Crippen LogP contribution in [0.4, 0.5) is 10.1 Å². The van der Waals surface area contributed by atoms with Crippen molar-refractivity contribution in [2.24, 2.45) is 0 Å². The Morgan fingerprint density at radius 2 is 1.91 bits per heavy atom. The number of carbonyl (C=O) groups is 1. The number of nitrogens with zero attached hydrogens (tertiary/aromatic N) is 2. The van der Waals surface area contributed by atoms with E-state index in [0.717, 1.165) is 28.2 Å². The number of anilines is 1. The average Bonchev–Trinajstić information content (AvgIpc) is 3.12. The first-order valence-corrected chi connectivity index (χ1v) is 6.94. The van der Waals surface area contributed by atoms with Gasteiger partial charge in [-0.15, -0.1) is 0 Å². The summed E-state index contributed by atoms with van der Waals surface area (Å²) in [5, 5.41) is 7.13. The van der Waals surface area contributed by atoms with Gasteiger partial charge in [-0.05, 0) is 48.0 Å². The molecule has 0 fully saturated rings. The fourth-order valence-electron chi connectivity index (χ4n) is 2.70. The molecule has 0 aliphatic carbocycles. The predicted octanol–water partition coefficient (Wildman–Crippen LogP) is 3.17. The number of halogens is 1. The van der Waals surface area contributed by atoms with E-state index in [0.29, 0.717) is 6.42 Å². The van der Waals surface area contributed by atoms with Crippen LogP contribution in [-0.2, 0) is 11.2 Å². The van der Waals surface area contributed by atoms with Crippen LogP contribution in [0.1, 0.15) is 5.56 Å². The Labute approximate surface area is 126 Å². The second-order valence-electron chi connectivity index (χ2n) is 5.20. The van der Waals surface area contributed by atoms with Crippen molar-refractivity contribution in [3.05, 3.63) is 66.1 Å². The van der Waals surface area contributed by atoms with E-state index in [9.17, 15) is 9.18 Å². The summed E-state index contributed by atoms with van der Waals surface area (Å²) in [6, 6.07) is 13.9. The van der Waals surface area contributed by atoms with Crippen molar-refractivity contribution >= 4 is 11.6 Å². The Hall–Kier alpha value is -2.95. The third-order valence-corrected chi connectivity index (χ3v) is 3.74. The molecule has 4 nitrogen and oxygen atoms in total. The number of carbonyl (C=O) groups excluding carboxylic acids is 1. The summed E-state index contributed by atoms with van der Waals surface area (Å²) in [6.45, 7) is 0. The molecule has 108 valence electrons. The van der Waals surface area contributed by atoms with Crippen molar-refractivity contribution in [1.82, 2.24) is 9.78 Å². The van der Waals surface area contributed by atoms with Crippen LogP contribution in [-0.4, -0.2) is 15.7 Å². The molecule has 1 N–H and O–H groups in total. The first-order chi connectivity index (χ1) is 10.7. The normalized spacial score (nSPS) is 13.0. The number of aromatic nitrogens is 2. The van der Waals surface area contributed by atoms with Crippen LogP contribution < -0.4 is 5.32 Å². The predicted molar refractivity (Wildman–Crippen MR) is 81.3 cm³/mol. The summed E-state index contributed by atoms with van der Waals surface area (Å²) in [7, 11) is 0. The molecule has 0 atom stereocenters. The lowest BCUT2D eigenvalue weighted by atomic mass is 10.1. The van der Waals surface area contributed by atoms with Crippen LogP contribution in [0.3, 0.4) is 0 Å². The second-order valence-corrected chi connectivity index (χ2v) is 5.20. The lowest BCUT2D eigenvalue weighted by Crippen LogP contribution is -2.03. The number of benzene rings is 2. The molecule has 1 aliphatic heterocycles. The quantitative estimate of drug-likeness (QED) is 0.789. The van der Waals surface area contributed by atoms with Gasteiger partial charge in [-0.1, -0.05) is 6.07 Å². The molecule has 0 saturated heterocycles. The Balaban J connectivity index is 1.79. The third kappa shape index (κ3) is 2.07. The van der Waals surface area contributed by atoms with Crippen LogP contribution in [0, 0.1) is 5.82 Å². The van der Waals surface area contributed by atoms with Gasteiger partial charge in [0, 0.05) is 11.3 Å². The third-order valence-electron chi connectivity index (χ3n) is 3.74. The molecule has 0 bridgehead atoms. The van der Waals surface area contributed by atoms with Crippen molar-refractivity contribution in [1.29, 1.82) is 0 Å². The second kappa shape index (κ2) is 4.80. The summed E-state index contributed by atoms with van der Waals surface area (Å²) in [5.41, 5.74) is 4.50. The zero-order chi connectivity index (χ0) is 15.1. The standard InChI is InChI=1S/C17H12FN3O/c18-13-2-4-14(5-3-13)21-16(7-8-19-21)11-1-6-15-12(9-11)10-17(22)20-15/h1-9H,10H2,(H,20,22). The largest absolute Gasteiger partial charge is 0.326 e. The Kier molecular flexibility index (Phi) is 2.79. The van der Waals surface area contributed by atoms with Gasteiger partial charge in [0.05, 0.1) is 24.0 Å². The highest BCUT2D eigenvalue weighted by molar-refractivity contribution is 5.99. The van der Waals surface area contributed by atoms with Crippen molar-refractivity contribution in [3.8, 4) is 16.9 Å². The summed E-state index contributed by atoms with van der Waals surface area (Å²) >= 11 is 0. The molecule has 1 aromatic heterocycles. The maximum Gasteiger partial charge on any atom is 0.228 e. The van der Waals surface area contributed by atoms with E-state index in [-0.39, 0.29) is 11.7 Å². The number of hydrogen-bond acceptors (Lipinski definition) is 2. The highest BCUT2D eigenvalue weighted by Gasteiger charge is 2.18. The van der Waals surface area contributed by atoms with Gasteiger partial charge in [0.15, 0.2) is 0 Å². The summed E-state index contributed by atoms with van der Waals surface area (Å²) in [5.74, 6) is -0.265. The molecule has 5 heteroatoms. The van der Waals surface area contributed by atoms with E-state index in [1.165, 1.54) is 12.1 Å². The molecule has 0 spiro atoms. The van der Waals surface area contributed by atoms with E-state index in [2.05, 4.69) is 10.4 Å². The van der Waals surface area contributed by atoms with E-state index in [4.69, 9.17) is 0 Å². The van der Waals surface area contributed by atoms with Crippen LogP contribution >= 0.6 is 0 Å². The van der Waals surface area contributed by atoms with Gasteiger partial charge >= 0.3 is 0 Å². The molecule has 22 heavy (non-hydrogen) atoms. The smallest absolute Gasteiger partial charge is 0.228 e. The van der Waals surface area contributed by atoms with Gasteiger partial charge < -0.3 is 5.32 Å². The van der Waals surface area contributed by atoms with Gasteiger partial charge in [-0.25, -0.2) is 9.07 Å². The highest BCUT2D eigenvalue weighted by Crippen LogP contribution is 2.30. The fraction of sp³-hybridized carbons (Fsp3) is 0.0588. The lowest BCUT2D eigenvalue weighted by molar-refractivity contribution is -0.115. The molecule has 0 unspecified atom stereocenters. The Bertz CT molecular complexity index is 868. The van der Waals surface area contributed by atoms with Crippen LogP contribution in [0.2, 0.25) is 0 Å². The van der Waals surface area contributed by atoms with Crippen LogP contribution in [0.15, 0.2) is 54.7 Å². The molecule has 1 aliphatic rings. The molecular formula is C17H12FN3O. The molecule has 2 aromatic carbocycles. The maximum absolute atomic E-state index is 13.1. The Morgan fingerprint density at radius 3 is 2.73 bits per heavy atom. The van der Waals surface area contributed by atoms with E-state index in [1.54, 1.807) is 23.0 Å². The van der Waals surface area contributed by atoms with Gasteiger partial charge in [-0.3, -0.25) is 4.79 Å². The minimum absolute atomic E-state index is 0.0131. The van der Waals surface area contributed by atoms with Gasteiger partial charge in [-0.2, -0.15) is 5.10 Å². The zero-order valence-electron chi connectivity index (χ0n) is 11.6. The molecule has 4 rings (SSSR count). The molecule has 0 radical (unpaired) electrons. The zero-order valence-corrected chi connectivity index (χ0v) is 11.6. The topological polar surface area (TPSA) is 46.9 Å². The van der Waals surface area contributed by atoms with Gasteiger partial charge in [0.2, 0.25) is 5.91 Å². The van der Waals surface area contributed by atoms with Crippen molar-refractivity contribution < 1.29 is 9.18 Å². The van der Waals surface area contributed by atoms with E-state index in [1.807, 2.05) is 24.3 Å². The molecule has 3 aromatic rings. The molecule has 1 amide bonds. The summed E-state index contributed by atoms with van der Waals surface area (Å²) in [6.07, 6.45) is 2.10. The first-order valence-electron chi connectivity index (χ1n) is 6.94. The number of hydrogen-bond donors (Lipinski definition) is 1. The minimum atomic E-state index is -0.278. The van der Waals surface area contributed by atoms with Crippen LogP contribution in [0.5, 0.6) is 0 Å². The fourth-order valence-corrected chi connectivity index (χ4v) is 2.70. The van der Waals surface area contributed by atoms with E-state index < -0.39 is 0 Å². The SMILES string of the molecule is O=C1Cc2cc(-c3ccnn3-c3ccc(F)cc3)ccc2N1. The van der Waals surface area contributed by atoms with Crippen molar-refractivity contribution in [2.45, 2.75) is 6.42 Å².